The highest BCUT2D eigenvalue weighted by Crippen LogP contribution is 2.46. The lowest BCUT2D eigenvalue weighted by Crippen LogP contribution is -2.46. The summed E-state index contributed by atoms with van der Waals surface area (Å²) in [5, 5.41) is 0. The van der Waals surface area contributed by atoms with Gasteiger partial charge < -0.3 is 4.74 Å². The molecule has 0 spiro atoms. The molecule has 0 N–H and O–H groups in total. The molecule has 2 aliphatic heterocycles. The maximum atomic E-state index is 14.5. The highest BCUT2D eigenvalue weighted by molar-refractivity contribution is 7.89. The van der Waals surface area contributed by atoms with Crippen molar-refractivity contribution in [1.29, 1.82) is 0 Å². The first-order valence-corrected chi connectivity index (χ1v) is 11.6. The molecule has 0 radical (unpaired) electrons. The monoisotopic (exact) mass is 450 g/mol. The lowest BCUT2D eigenvalue weighted by molar-refractivity contribution is -0.141. The molecule has 1 atom stereocenters. The fourth-order valence-electron chi connectivity index (χ4n) is 4.58. The molecule has 4 rings (SSSR count). The van der Waals surface area contributed by atoms with Gasteiger partial charge in [0.1, 0.15) is 16.5 Å². The second kappa shape index (κ2) is 8.64. The predicted molar refractivity (Wildman–Crippen MR) is 109 cm³/mol. The summed E-state index contributed by atoms with van der Waals surface area (Å²) in [5.74, 6) is -2.64. The van der Waals surface area contributed by atoms with Crippen molar-refractivity contribution in [2.75, 3.05) is 20.2 Å². The number of rotatable bonds is 5. The van der Waals surface area contributed by atoms with E-state index in [0.717, 1.165) is 12.6 Å². The average Bonchev–Trinajstić information content (AvgIpc) is 2.95. The average molecular weight is 451 g/mol. The van der Waals surface area contributed by atoms with Crippen molar-refractivity contribution in [1.82, 2.24) is 9.21 Å². The van der Waals surface area contributed by atoms with Gasteiger partial charge in [0.05, 0.1) is 19.6 Å². The van der Waals surface area contributed by atoms with Crippen molar-refractivity contribution < 1.29 is 26.7 Å². The molecule has 2 aliphatic rings. The van der Waals surface area contributed by atoms with Crippen LogP contribution in [0.4, 0.5) is 8.78 Å². The minimum Gasteiger partial charge on any atom is -0.469 e. The molecule has 0 amide bonds. The maximum Gasteiger partial charge on any atom is 0.307 e. The minimum absolute atomic E-state index is 0.0189. The normalized spacial score (nSPS) is 21.7. The van der Waals surface area contributed by atoms with Gasteiger partial charge in [0, 0.05) is 31.7 Å². The van der Waals surface area contributed by atoms with Gasteiger partial charge in [-0.1, -0.05) is 30.3 Å². The largest absolute Gasteiger partial charge is 0.469 e. The van der Waals surface area contributed by atoms with Gasteiger partial charge in [0.15, 0.2) is 0 Å². The molecule has 1 saturated heterocycles. The fraction of sp³-hybridized carbons (Fsp3) is 0.409. The number of methoxy groups -OCH3 is 1. The SMILES string of the molecule is COC(=O)C[C@H]1c2cc(F)cc(F)c2S(=O)(=O)N1C1CCN(Cc2ccccc2)CC1. The molecular formula is C22H24F2N2O4S. The van der Waals surface area contributed by atoms with Crippen LogP contribution in [0, 0.1) is 11.6 Å². The summed E-state index contributed by atoms with van der Waals surface area (Å²) in [7, 11) is -3.01. The smallest absolute Gasteiger partial charge is 0.307 e. The van der Waals surface area contributed by atoms with Crippen LogP contribution < -0.4 is 0 Å². The third-order valence-electron chi connectivity index (χ3n) is 5.99. The standard InChI is InChI=1S/C22H24F2N2O4S/c1-30-21(27)13-20-18-11-16(23)12-19(24)22(18)31(28,29)26(20)17-7-9-25(10-8-17)14-15-5-3-2-4-6-15/h2-6,11-12,17,20H,7-10,13-14H2,1H3/t20-/m0/s1. The highest BCUT2D eigenvalue weighted by atomic mass is 32.2. The summed E-state index contributed by atoms with van der Waals surface area (Å²) in [4.78, 5) is 13.7. The van der Waals surface area contributed by atoms with Crippen LogP contribution >= 0.6 is 0 Å². The molecule has 9 heteroatoms. The number of piperidine rings is 1. The van der Waals surface area contributed by atoms with Crippen LogP contribution in [0.5, 0.6) is 0 Å². The molecule has 0 aromatic heterocycles. The molecule has 0 bridgehead atoms. The van der Waals surface area contributed by atoms with Gasteiger partial charge in [-0.05, 0) is 30.0 Å². The van der Waals surface area contributed by atoms with Crippen LogP contribution in [-0.4, -0.2) is 49.8 Å². The van der Waals surface area contributed by atoms with Crippen molar-refractivity contribution in [3.05, 3.63) is 65.2 Å². The Balaban J connectivity index is 1.59. The number of nitrogens with zero attached hydrogens (tertiary/aromatic N) is 2. The zero-order valence-corrected chi connectivity index (χ0v) is 17.9. The van der Waals surface area contributed by atoms with E-state index in [-0.39, 0.29) is 12.0 Å². The first-order chi connectivity index (χ1) is 14.8. The lowest BCUT2D eigenvalue weighted by Gasteiger charge is -2.38. The number of hydrogen-bond donors (Lipinski definition) is 0. The third kappa shape index (κ3) is 4.22. The molecule has 6 nitrogen and oxygen atoms in total. The zero-order chi connectivity index (χ0) is 22.2. The number of benzene rings is 2. The molecule has 31 heavy (non-hydrogen) atoms. The van der Waals surface area contributed by atoms with Crippen molar-refractivity contribution >= 4 is 16.0 Å². The number of carbonyl (C=O) groups is 1. The quantitative estimate of drug-likeness (QED) is 0.655. The first-order valence-electron chi connectivity index (χ1n) is 10.2. The summed E-state index contributed by atoms with van der Waals surface area (Å²) >= 11 is 0. The topological polar surface area (TPSA) is 66.9 Å². The van der Waals surface area contributed by atoms with E-state index in [4.69, 9.17) is 4.74 Å². The Morgan fingerprint density at radius 2 is 1.81 bits per heavy atom. The van der Waals surface area contributed by atoms with Crippen molar-refractivity contribution in [3.8, 4) is 0 Å². The Hall–Kier alpha value is -2.36. The number of sulfonamides is 1. The van der Waals surface area contributed by atoms with E-state index >= 15 is 0 Å². The molecule has 0 saturated carbocycles. The van der Waals surface area contributed by atoms with E-state index in [1.807, 2.05) is 30.3 Å². The molecule has 2 heterocycles. The van der Waals surface area contributed by atoms with Gasteiger partial charge in [-0.25, -0.2) is 17.2 Å². The maximum absolute atomic E-state index is 14.5. The molecule has 0 aliphatic carbocycles. The second-order valence-corrected chi connectivity index (χ2v) is 9.71. The number of carbonyl (C=O) groups excluding carboxylic acids is 1. The van der Waals surface area contributed by atoms with Crippen molar-refractivity contribution in [2.45, 2.75) is 42.8 Å². The Morgan fingerprint density at radius 1 is 1.13 bits per heavy atom. The van der Waals surface area contributed by atoms with E-state index in [1.54, 1.807) is 0 Å². The van der Waals surface area contributed by atoms with E-state index in [0.29, 0.717) is 32.0 Å². The van der Waals surface area contributed by atoms with Gasteiger partial charge in [-0.15, -0.1) is 0 Å². The fourth-order valence-corrected chi connectivity index (χ4v) is 6.71. The van der Waals surface area contributed by atoms with E-state index in [1.165, 1.54) is 17.0 Å². The molecule has 2 aromatic rings. The molecule has 1 fully saturated rings. The van der Waals surface area contributed by atoms with Gasteiger partial charge >= 0.3 is 5.97 Å². The van der Waals surface area contributed by atoms with E-state index in [2.05, 4.69) is 4.90 Å². The molecule has 166 valence electrons. The number of likely N-dealkylation sites (tertiary alicyclic amines) is 1. The van der Waals surface area contributed by atoms with E-state index < -0.39 is 44.6 Å². The lowest BCUT2D eigenvalue weighted by atomic mass is 9.98. The van der Waals surface area contributed by atoms with Crippen molar-refractivity contribution in [2.24, 2.45) is 0 Å². The number of ether oxygens (including phenoxy) is 1. The number of hydrogen-bond acceptors (Lipinski definition) is 5. The van der Waals surface area contributed by atoms with Crippen LogP contribution in [0.25, 0.3) is 0 Å². The van der Waals surface area contributed by atoms with Crippen LogP contribution in [0.3, 0.4) is 0 Å². The number of esters is 1. The zero-order valence-electron chi connectivity index (χ0n) is 17.1. The van der Waals surface area contributed by atoms with Gasteiger partial charge in [-0.3, -0.25) is 9.69 Å². The molecule has 0 unspecified atom stereocenters. The van der Waals surface area contributed by atoms with Gasteiger partial charge in [0.25, 0.3) is 0 Å². The van der Waals surface area contributed by atoms with Crippen LogP contribution in [0.15, 0.2) is 47.4 Å². The number of fused-ring (bicyclic) bond motifs is 1. The van der Waals surface area contributed by atoms with Crippen LogP contribution in [-0.2, 0) is 26.1 Å². The first kappa shape index (κ1) is 21.9. The van der Waals surface area contributed by atoms with Crippen LogP contribution in [0.2, 0.25) is 0 Å². The summed E-state index contributed by atoms with van der Waals surface area (Å²) in [6.45, 7) is 2.07. The second-order valence-electron chi connectivity index (χ2n) is 7.93. The highest BCUT2D eigenvalue weighted by Gasteiger charge is 2.49. The predicted octanol–water partition coefficient (Wildman–Crippen LogP) is 3.24. The summed E-state index contributed by atoms with van der Waals surface area (Å²) in [5.41, 5.74) is 1.15. The van der Waals surface area contributed by atoms with Gasteiger partial charge in [0.2, 0.25) is 10.0 Å². The van der Waals surface area contributed by atoms with Gasteiger partial charge in [-0.2, -0.15) is 4.31 Å². The van der Waals surface area contributed by atoms with E-state index in [9.17, 15) is 22.0 Å². The summed E-state index contributed by atoms with van der Waals surface area (Å²) < 4.78 is 60.9. The number of halogens is 2. The Kier molecular flexibility index (Phi) is 6.09. The van der Waals surface area contributed by atoms with Crippen LogP contribution in [0.1, 0.15) is 36.4 Å². The van der Waals surface area contributed by atoms with Crippen molar-refractivity contribution in [3.63, 3.8) is 0 Å². The Labute approximate surface area is 180 Å². The Bertz CT molecular complexity index is 1070. The summed E-state index contributed by atoms with van der Waals surface area (Å²) in [6, 6.07) is 10.2. The molecular weight excluding hydrogens is 426 g/mol. The minimum atomic E-state index is -4.21. The molecule has 2 aromatic carbocycles. The summed E-state index contributed by atoms with van der Waals surface area (Å²) in [6.07, 6.45) is 0.763. The third-order valence-corrected chi connectivity index (χ3v) is 8.05. The Morgan fingerprint density at radius 3 is 2.45 bits per heavy atom.